The van der Waals surface area contributed by atoms with Gasteiger partial charge < -0.3 is 15.6 Å². The molecule has 2 rings (SSSR count). The summed E-state index contributed by atoms with van der Waals surface area (Å²) in [6, 6.07) is 12.2. The monoisotopic (exact) mass is 321 g/mol. The lowest BCUT2D eigenvalue weighted by molar-refractivity contribution is 0.0692. The van der Waals surface area contributed by atoms with Crippen LogP contribution in [0.15, 0.2) is 46.9 Å². The number of carboxylic acids is 1. The standard InChI is InChI=1S/C14H12BrNO3/c15-10-3-1-2-9(6-10)8-19-13-5-4-11(16)7-12(13)14(17)18/h1-7H,8,16H2,(H,17,18). The molecule has 98 valence electrons. The molecule has 0 saturated heterocycles. The number of halogens is 1. The number of hydrogen-bond donors (Lipinski definition) is 2. The minimum atomic E-state index is -1.06. The van der Waals surface area contributed by atoms with E-state index in [1.807, 2.05) is 24.3 Å². The molecule has 0 heterocycles. The third-order valence-electron chi connectivity index (χ3n) is 2.52. The number of nitrogens with two attached hydrogens (primary N) is 1. The first-order valence-electron chi connectivity index (χ1n) is 5.56. The molecule has 4 nitrogen and oxygen atoms in total. The average Bonchev–Trinajstić information content (AvgIpc) is 2.37. The number of carboxylic acid groups (broad SMARTS) is 1. The fourth-order valence-corrected chi connectivity index (χ4v) is 2.08. The van der Waals surface area contributed by atoms with E-state index in [4.69, 9.17) is 15.6 Å². The maximum Gasteiger partial charge on any atom is 0.339 e. The number of carbonyl (C=O) groups is 1. The summed E-state index contributed by atoms with van der Waals surface area (Å²) in [5.41, 5.74) is 6.97. The van der Waals surface area contributed by atoms with Crippen molar-refractivity contribution in [2.24, 2.45) is 0 Å². The Bertz CT molecular complexity index is 613. The van der Waals surface area contributed by atoms with Crippen LogP contribution in [0, 0.1) is 0 Å². The van der Waals surface area contributed by atoms with Crippen molar-refractivity contribution in [1.29, 1.82) is 0 Å². The topological polar surface area (TPSA) is 72.5 Å². The molecular weight excluding hydrogens is 310 g/mol. The van der Waals surface area contributed by atoms with Crippen molar-refractivity contribution in [1.82, 2.24) is 0 Å². The van der Waals surface area contributed by atoms with Gasteiger partial charge in [-0.25, -0.2) is 4.79 Å². The van der Waals surface area contributed by atoms with Gasteiger partial charge in [-0.15, -0.1) is 0 Å². The Morgan fingerprint density at radius 3 is 2.74 bits per heavy atom. The SMILES string of the molecule is Nc1ccc(OCc2cccc(Br)c2)c(C(=O)O)c1. The van der Waals surface area contributed by atoms with Gasteiger partial charge in [-0.3, -0.25) is 0 Å². The van der Waals surface area contributed by atoms with Crippen molar-refractivity contribution in [3.8, 4) is 5.75 Å². The minimum absolute atomic E-state index is 0.0648. The molecule has 19 heavy (non-hydrogen) atoms. The van der Waals surface area contributed by atoms with E-state index in [0.717, 1.165) is 10.0 Å². The number of anilines is 1. The average molecular weight is 322 g/mol. The second kappa shape index (κ2) is 5.75. The van der Waals surface area contributed by atoms with Crippen LogP contribution < -0.4 is 10.5 Å². The van der Waals surface area contributed by atoms with Gasteiger partial charge in [0.15, 0.2) is 0 Å². The van der Waals surface area contributed by atoms with Crippen molar-refractivity contribution in [3.05, 3.63) is 58.1 Å². The van der Waals surface area contributed by atoms with Crippen molar-refractivity contribution >= 4 is 27.6 Å². The van der Waals surface area contributed by atoms with Crippen LogP contribution in [0.4, 0.5) is 5.69 Å². The molecule has 0 amide bonds. The number of aromatic carboxylic acids is 1. The predicted octanol–water partition coefficient (Wildman–Crippen LogP) is 3.31. The second-order valence-electron chi connectivity index (χ2n) is 3.98. The number of benzene rings is 2. The molecule has 0 atom stereocenters. The molecule has 0 aromatic heterocycles. The fraction of sp³-hybridized carbons (Fsp3) is 0.0714. The van der Waals surface area contributed by atoms with Gasteiger partial charge in [-0.1, -0.05) is 28.1 Å². The van der Waals surface area contributed by atoms with Crippen LogP contribution in [-0.4, -0.2) is 11.1 Å². The van der Waals surface area contributed by atoms with Crippen LogP contribution in [0.2, 0.25) is 0 Å². The second-order valence-corrected chi connectivity index (χ2v) is 4.90. The van der Waals surface area contributed by atoms with Gasteiger partial charge >= 0.3 is 5.97 Å². The molecule has 0 radical (unpaired) electrons. The lowest BCUT2D eigenvalue weighted by Gasteiger charge is -2.10. The van der Waals surface area contributed by atoms with Gasteiger partial charge in [-0.2, -0.15) is 0 Å². The fourth-order valence-electron chi connectivity index (χ4n) is 1.63. The van der Waals surface area contributed by atoms with E-state index in [1.54, 1.807) is 12.1 Å². The van der Waals surface area contributed by atoms with Crippen molar-refractivity contribution in [2.45, 2.75) is 6.61 Å². The Kier molecular flexibility index (Phi) is 4.06. The van der Waals surface area contributed by atoms with E-state index in [9.17, 15) is 4.79 Å². The summed E-state index contributed by atoms with van der Waals surface area (Å²) in [4.78, 5) is 11.1. The molecule has 0 aliphatic rings. The molecule has 2 aromatic rings. The highest BCUT2D eigenvalue weighted by atomic mass is 79.9. The molecule has 0 bridgehead atoms. The summed E-state index contributed by atoms with van der Waals surface area (Å²) in [6.45, 7) is 0.295. The highest BCUT2D eigenvalue weighted by Crippen LogP contribution is 2.23. The van der Waals surface area contributed by atoms with E-state index in [-0.39, 0.29) is 5.56 Å². The first-order chi connectivity index (χ1) is 9.06. The summed E-state index contributed by atoms with van der Waals surface area (Å²) >= 11 is 3.37. The van der Waals surface area contributed by atoms with E-state index in [2.05, 4.69) is 15.9 Å². The largest absolute Gasteiger partial charge is 0.488 e. The predicted molar refractivity (Wildman–Crippen MR) is 76.3 cm³/mol. The third kappa shape index (κ3) is 3.48. The normalized spacial score (nSPS) is 10.2. The number of ether oxygens (including phenoxy) is 1. The highest BCUT2D eigenvalue weighted by Gasteiger charge is 2.11. The van der Waals surface area contributed by atoms with Crippen LogP contribution >= 0.6 is 15.9 Å². The lowest BCUT2D eigenvalue weighted by Crippen LogP contribution is -2.04. The zero-order valence-electron chi connectivity index (χ0n) is 9.97. The number of nitrogen functional groups attached to an aromatic ring is 1. The Hall–Kier alpha value is -2.01. The Balaban J connectivity index is 2.17. The Morgan fingerprint density at radius 2 is 2.05 bits per heavy atom. The van der Waals surface area contributed by atoms with E-state index in [1.165, 1.54) is 6.07 Å². The van der Waals surface area contributed by atoms with E-state index >= 15 is 0 Å². The van der Waals surface area contributed by atoms with Crippen LogP contribution in [0.1, 0.15) is 15.9 Å². The zero-order valence-corrected chi connectivity index (χ0v) is 11.6. The van der Waals surface area contributed by atoms with Gasteiger partial charge in [0, 0.05) is 10.2 Å². The van der Waals surface area contributed by atoms with Crippen LogP contribution in [-0.2, 0) is 6.61 Å². The molecule has 0 spiro atoms. The lowest BCUT2D eigenvalue weighted by atomic mass is 10.2. The summed E-state index contributed by atoms with van der Waals surface area (Å²) in [5.74, 6) is -0.752. The first kappa shape index (κ1) is 13.4. The van der Waals surface area contributed by atoms with Crippen LogP contribution in [0.25, 0.3) is 0 Å². The number of rotatable bonds is 4. The maximum absolute atomic E-state index is 11.1. The smallest absolute Gasteiger partial charge is 0.339 e. The molecular formula is C14H12BrNO3. The van der Waals surface area contributed by atoms with E-state index < -0.39 is 5.97 Å². The summed E-state index contributed by atoms with van der Waals surface area (Å²) < 4.78 is 6.49. The molecule has 0 unspecified atom stereocenters. The summed E-state index contributed by atoms with van der Waals surface area (Å²) in [5, 5.41) is 9.09. The summed E-state index contributed by atoms with van der Waals surface area (Å²) in [7, 11) is 0. The zero-order chi connectivity index (χ0) is 13.8. The van der Waals surface area contributed by atoms with Gasteiger partial charge in [-0.05, 0) is 35.9 Å². The quantitative estimate of drug-likeness (QED) is 0.847. The highest BCUT2D eigenvalue weighted by molar-refractivity contribution is 9.10. The minimum Gasteiger partial charge on any atom is -0.488 e. The van der Waals surface area contributed by atoms with Crippen LogP contribution in [0.3, 0.4) is 0 Å². The molecule has 2 aromatic carbocycles. The molecule has 3 N–H and O–H groups in total. The number of hydrogen-bond acceptors (Lipinski definition) is 3. The van der Waals surface area contributed by atoms with Gasteiger partial charge in [0.1, 0.15) is 17.9 Å². The van der Waals surface area contributed by atoms with Crippen LogP contribution in [0.5, 0.6) is 5.75 Å². The van der Waals surface area contributed by atoms with Gasteiger partial charge in [0.2, 0.25) is 0 Å². The summed E-state index contributed by atoms with van der Waals surface area (Å²) in [6.07, 6.45) is 0. The van der Waals surface area contributed by atoms with Gasteiger partial charge in [0.25, 0.3) is 0 Å². The Labute approximate surface area is 118 Å². The maximum atomic E-state index is 11.1. The molecule has 5 heteroatoms. The Morgan fingerprint density at radius 1 is 1.26 bits per heavy atom. The van der Waals surface area contributed by atoms with Crippen molar-refractivity contribution in [3.63, 3.8) is 0 Å². The van der Waals surface area contributed by atoms with Crippen molar-refractivity contribution in [2.75, 3.05) is 5.73 Å². The molecule has 0 aliphatic heterocycles. The molecule has 0 saturated carbocycles. The third-order valence-corrected chi connectivity index (χ3v) is 3.01. The van der Waals surface area contributed by atoms with E-state index in [0.29, 0.717) is 18.0 Å². The first-order valence-corrected chi connectivity index (χ1v) is 6.35. The van der Waals surface area contributed by atoms with Gasteiger partial charge in [0.05, 0.1) is 0 Å². The van der Waals surface area contributed by atoms with Crippen molar-refractivity contribution < 1.29 is 14.6 Å². The molecule has 0 fully saturated rings. The molecule has 0 aliphatic carbocycles.